The molecule has 1 aliphatic heterocycles. The molecule has 1 heterocycles. The van der Waals surface area contributed by atoms with Crippen LogP contribution >= 0.6 is 0 Å². The molecule has 1 aromatic rings. The molecule has 1 aliphatic rings. The third kappa shape index (κ3) is 2.83. The molecule has 3 nitrogen and oxygen atoms in total. The van der Waals surface area contributed by atoms with E-state index in [1.165, 1.54) is 0 Å². The number of methoxy groups -OCH3 is 1. The van der Waals surface area contributed by atoms with Crippen LogP contribution in [0.1, 0.15) is 19.8 Å². The lowest BCUT2D eigenvalue weighted by atomic mass is 10.2. The normalized spacial score (nSPS) is 23.6. The van der Waals surface area contributed by atoms with E-state index in [9.17, 15) is 0 Å². The van der Waals surface area contributed by atoms with Crippen molar-refractivity contribution in [2.75, 3.05) is 7.11 Å². The number of ether oxygens (including phenoxy) is 2. The predicted molar refractivity (Wildman–Crippen MR) is 64.7 cm³/mol. The van der Waals surface area contributed by atoms with Crippen molar-refractivity contribution in [1.29, 1.82) is 0 Å². The van der Waals surface area contributed by atoms with Crippen molar-refractivity contribution in [3.63, 3.8) is 0 Å². The maximum absolute atomic E-state index is 5.45. The van der Waals surface area contributed by atoms with Crippen molar-refractivity contribution in [1.82, 2.24) is 0 Å². The van der Waals surface area contributed by atoms with Gasteiger partial charge in [-0.25, -0.2) is 0 Å². The quantitative estimate of drug-likeness (QED) is 0.563. The van der Waals surface area contributed by atoms with Crippen LogP contribution < -0.4 is 4.74 Å². The highest BCUT2D eigenvalue weighted by molar-refractivity contribution is 5.71. The molecule has 2 rings (SSSR count). The fraction of sp³-hybridized carbons (Fsp3) is 0.462. The average Bonchev–Trinajstić information content (AvgIpc) is 3.06. The zero-order valence-corrected chi connectivity index (χ0v) is 9.72. The van der Waals surface area contributed by atoms with Gasteiger partial charge in [0.2, 0.25) is 0 Å². The van der Waals surface area contributed by atoms with Gasteiger partial charge in [-0.3, -0.25) is 4.99 Å². The van der Waals surface area contributed by atoms with E-state index in [4.69, 9.17) is 9.47 Å². The fourth-order valence-electron chi connectivity index (χ4n) is 1.63. The summed E-state index contributed by atoms with van der Waals surface area (Å²) in [5.41, 5.74) is 0.937. The fourth-order valence-corrected chi connectivity index (χ4v) is 1.63. The summed E-state index contributed by atoms with van der Waals surface area (Å²) >= 11 is 0. The molecule has 3 heteroatoms. The lowest BCUT2D eigenvalue weighted by Gasteiger charge is -1.98. The SMILES string of the molecule is CCCC1OC1C=Nc1ccc(OC)cc1. The van der Waals surface area contributed by atoms with Gasteiger partial charge in [0, 0.05) is 6.21 Å². The van der Waals surface area contributed by atoms with E-state index in [1.54, 1.807) is 7.11 Å². The van der Waals surface area contributed by atoms with Crippen LogP contribution in [0, 0.1) is 0 Å². The summed E-state index contributed by atoms with van der Waals surface area (Å²) in [6.07, 6.45) is 4.80. The van der Waals surface area contributed by atoms with Gasteiger partial charge in [-0.2, -0.15) is 0 Å². The summed E-state index contributed by atoms with van der Waals surface area (Å²) in [7, 11) is 1.66. The van der Waals surface area contributed by atoms with Crippen LogP contribution in [0.2, 0.25) is 0 Å². The van der Waals surface area contributed by atoms with Crippen LogP contribution in [0.5, 0.6) is 5.75 Å². The number of nitrogens with zero attached hydrogens (tertiary/aromatic N) is 1. The van der Waals surface area contributed by atoms with E-state index >= 15 is 0 Å². The first-order chi connectivity index (χ1) is 7.83. The molecule has 2 unspecified atom stereocenters. The Hall–Kier alpha value is -1.35. The lowest BCUT2D eigenvalue weighted by molar-refractivity contribution is 0.384. The Labute approximate surface area is 96.1 Å². The predicted octanol–water partition coefficient (Wildman–Crippen LogP) is 2.97. The molecule has 0 amide bonds. The van der Waals surface area contributed by atoms with Gasteiger partial charge in [0.05, 0.1) is 18.9 Å². The molecular formula is C13H17NO2. The van der Waals surface area contributed by atoms with Crippen molar-refractivity contribution in [2.45, 2.75) is 32.0 Å². The molecule has 1 fully saturated rings. The Morgan fingerprint density at radius 2 is 2.12 bits per heavy atom. The van der Waals surface area contributed by atoms with Gasteiger partial charge < -0.3 is 9.47 Å². The molecule has 1 saturated heterocycles. The topological polar surface area (TPSA) is 34.1 Å². The largest absolute Gasteiger partial charge is 0.497 e. The Kier molecular flexibility index (Phi) is 3.57. The van der Waals surface area contributed by atoms with Gasteiger partial charge in [-0.1, -0.05) is 13.3 Å². The van der Waals surface area contributed by atoms with E-state index < -0.39 is 0 Å². The number of hydrogen-bond donors (Lipinski definition) is 0. The van der Waals surface area contributed by atoms with Gasteiger partial charge in [0.15, 0.2) is 0 Å². The Morgan fingerprint density at radius 1 is 1.38 bits per heavy atom. The molecule has 0 radical (unpaired) electrons. The zero-order valence-electron chi connectivity index (χ0n) is 9.72. The summed E-state index contributed by atoms with van der Waals surface area (Å²) in [5, 5.41) is 0. The van der Waals surface area contributed by atoms with E-state index in [0.29, 0.717) is 6.10 Å². The summed E-state index contributed by atoms with van der Waals surface area (Å²) in [4.78, 5) is 4.37. The van der Waals surface area contributed by atoms with Crippen molar-refractivity contribution in [3.8, 4) is 5.75 Å². The highest BCUT2D eigenvalue weighted by Crippen LogP contribution is 2.26. The van der Waals surface area contributed by atoms with E-state index in [-0.39, 0.29) is 6.10 Å². The number of epoxide rings is 1. The standard InChI is InChI=1S/C13H17NO2/c1-3-4-12-13(16-12)9-14-10-5-7-11(15-2)8-6-10/h5-9,12-13H,3-4H2,1-2H3. The lowest BCUT2D eigenvalue weighted by Crippen LogP contribution is -1.93. The number of hydrogen-bond acceptors (Lipinski definition) is 3. The molecule has 2 atom stereocenters. The van der Waals surface area contributed by atoms with Crippen LogP contribution in [0.15, 0.2) is 29.3 Å². The molecule has 1 aromatic carbocycles. The third-order valence-electron chi connectivity index (χ3n) is 2.64. The number of benzene rings is 1. The van der Waals surface area contributed by atoms with Crippen LogP contribution in [-0.2, 0) is 4.74 Å². The molecular weight excluding hydrogens is 202 g/mol. The van der Waals surface area contributed by atoms with E-state index in [2.05, 4.69) is 11.9 Å². The van der Waals surface area contributed by atoms with Gasteiger partial charge in [0.1, 0.15) is 11.9 Å². The molecule has 0 aromatic heterocycles. The van der Waals surface area contributed by atoms with Crippen molar-refractivity contribution in [3.05, 3.63) is 24.3 Å². The van der Waals surface area contributed by atoms with E-state index in [0.717, 1.165) is 24.3 Å². The third-order valence-corrected chi connectivity index (χ3v) is 2.64. The highest BCUT2D eigenvalue weighted by atomic mass is 16.6. The van der Waals surface area contributed by atoms with Crippen LogP contribution in [0.3, 0.4) is 0 Å². The Bertz CT molecular complexity index is 359. The minimum atomic E-state index is 0.224. The molecule has 0 aliphatic carbocycles. The zero-order chi connectivity index (χ0) is 11.4. The van der Waals surface area contributed by atoms with Gasteiger partial charge >= 0.3 is 0 Å². The Balaban J connectivity index is 1.87. The second-order valence-corrected chi connectivity index (χ2v) is 3.90. The highest BCUT2D eigenvalue weighted by Gasteiger charge is 2.35. The van der Waals surface area contributed by atoms with Gasteiger partial charge in [-0.15, -0.1) is 0 Å². The molecule has 0 bridgehead atoms. The number of aliphatic imine (C=N–C) groups is 1. The summed E-state index contributed by atoms with van der Waals surface area (Å²) in [6.45, 7) is 2.17. The minimum Gasteiger partial charge on any atom is -0.497 e. The molecule has 16 heavy (non-hydrogen) atoms. The first-order valence-corrected chi connectivity index (χ1v) is 5.67. The smallest absolute Gasteiger partial charge is 0.119 e. The average molecular weight is 219 g/mol. The summed E-state index contributed by atoms with van der Waals surface area (Å²) in [5.74, 6) is 0.852. The first-order valence-electron chi connectivity index (χ1n) is 5.67. The first kappa shape index (κ1) is 11.1. The Morgan fingerprint density at radius 3 is 2.75 bits per heavy atom. The van der Waals surface area contributed by atoms with Crippen LogP contribution in [0.25, 0.3) is 0 Å². The maximum Gasteiger partial charge on any atom is 0.119 e. The monoisotopic (exact) mass is 219 g/mol. The van der Waals surface area contributed by atoms with Crippen molar-refractivity contribution >= 4 is 11.9 Å². The van der Waals surface area contributed by atoms with Gasteiger partial charge in [0.25, 0.3) is 0 Å². The summed E-state index contributed by atoms with van der Waals surface area (Å²) in [6, 6.07) is 7.69. The molecule has 0 spiro atoms. The van der Waals surface area contributed by atoms with Gasteiger partial charge in [-0.05, 0) is 30.7 Å². The minimum absolute atomic E-state index is 0.224. The molecule has 86 valence electrons. The summed E-state index contributed by atoms with van der Waals surface area (Å²) < 4.78 is 10.5. The van der Waals surface area contributed by atoms with E-state index in [1.807, 2.05) is 30.5 Å². The second kappa shape index (κ2) is 5.12. The van der Waals surface area contributed by atoms with Crippen molar-refractivity contribution < 1.29 is 9.47 Å². The maximum atomic E-state index is 5.45. The second-order valence-electron chi connectivity index (χ2n) is 3.90. The van der Waals surface area contributed by atoms with Crippen molar-refractivity contribution in [2.24, 2.45) is 4.99 Å². The molecule has 0 saturated carbocycles. The van der Waals surface area contributed by atoms with Crippen LogP contribution in [-0.4, -0.2) is 25.5 Å². The molecule has 0 N–H and O–H groups in total. The number of rotatable bonds is 5. The van der Waals surface area contributed by atoms with Crippen LogP contribution in [0.4, 0.5) is 5.69 Å².